The molecule has 0 saturated carbocycles. The molecule has 0 aliphatic rings. The van der Waals surface area contributed by atoms with E-state index in [1.807, 2.05) is 7.05 Å². The molecule has 0 saturated heterocycles. The van der Waals surface area contributed by atoms with Crippen molar-refractivity contribution in [2.75, 3.05) is 26.0 Å². The van der Waals surface area contributed by atoms with E-state index < -0.39 is 0 Å². The summed E-state index contributed by atoms with van der Waals surface area (Å²) in [7, 11) is 6.11. The number of halogens is 1. The van der Waals surface area contributed by atoms with Crippen LogP contribution in [0.4, 0.5) is 5.69 Å². The van der Waals surface area contributed by atoms with Crippen LogP contribution >= 0.6 is 15.9 Å². The van der Waals surface area contributed by atoms with Crippen molar-refractivity contribution in [3.05, 3.63) is 28.2 Å². The van der Waals surface area contributed by atoms with Gasteiger partial charge in [-0.15, -0.1) is 0 Å². The fraction of sp³-hybridized carbons (Fsp3) is 0.455. The minimum absolute atomic E-state index is 0.366. The Morgan fingerprint density at radius 3 is 2.50 bits per heavy atom. The Hall–Kier alpha value is -0.540. The third-order valence-electron chi connectivity index (χ3n) is 2.37. The normalized spacial score (nSPS) is 12.6. The molecule has 0 spiro atoms. The van der Waals surface area contributed by atoms with Gasteiger partial charge in [-0.2, -0.15) is 0 Å². The van der Waals surface area contributed by atoms with Crippen LogP contribution in [-0.4, -0.2) is 21.1 Å². The highest BCUT2D eigenvalue weighted by Crippen LogP contribution is 2.27. The zero-order chi connectivity index (χ0) is 10.7. The molecule has 0 aliphatic heterocycles. The van der Waals surface area contributed by atoms with Gasteiger partial charge in [0.2, 0.25) is 0 Å². The summed E-state index contributed by atoms with van der Waals surface area (Å²) in [6.07, 6.45) is 0. The third kappa shape index (κ3) is 2.49. The molecule has 0 aliphatic carbocycles. The van der Waals surface area contributed by atoms with E-state index in [9.17, 15) is 0 Å². The Morgan fingerprint density at radius 1 is 1.36 bits per heavy atom. The second kappa shape index (κ2) is 4.80. The smallest absolute Gasteiger partial charge is 0.0410 e. The molecule has 1 atom stereocenters. The molecule has 14 heavy (non-hydrogen) atoms. The van der Waals surface area contributed by atoms with Crippen molar-refractivity contribution in [3.8, 4) is 0 Å². The third-order valence-corrected chi connectivity index (χ3v) is 2.86. The van der Waals surface area contributed by atoms with Crippen molar-refractivity contribution in [1.82, 2.24) is 5.32 Å². The number of nitrogens with zero attached hydrogens (tertiary/aromatic N) is 1. The summed E-state index contributed by atoms with van der Waals surface area (Å²) in [5.74, 6) is 0. The van der Waals surface area contributed by atoms with Crippen LogP contribution in [0.25, 0.3) is 0 Å². The highest BCUT2D eigenvalue weighted by molar-refractivity contribution is 9.10. The zero-order valence-electron chi connectivity index (χ0n) is 9.13. The largest absolute Gasteiger partial charge is 0.377 e. The van der Waals surface area contributed by atoms with Gasteiger partial charge in [0.05, 0.1) is 0 Å². The van der Waals surface area contributed by atoms with Gasteiger partial charge in [-0.25, -0.2) is 0 Å². The van der Waals surface area contributed by atoms with Gasteiger partial charge in [-0.3, -0.25) is 0 Å². The highest BCUT2D eigenvalue weighted by atomic mass is 79.9. The zero-order valence-corrected chi connectivity index (χ0v) is 10.7. The van der Waals surface area contributed by atoms with Crippen LogP contribution in [0.15, 0.2) is 22.7 Å². The van der Waals surface area contributed by atoms with Crippen LogP contribution < -0.4 is 10.2 Å². The molecule has 0 aromatic heterocycles. The van der Waals surface area contributed by atoms with E-state index in [1.165, 1.54) is 11.3 Å². The van der Waals surface area contributed by atoms with Crippen LogP contribution in [0.5, 0.6) is 0 Å². The van der Waals surface area contributed by atoms with E-state index >= 15 is 0 Å². The first kappa shape index (κ1) is 11.5. The topological polar surface area (TPSA) is 15.3 Å². The lowest BCUT2D eigenvalue weighted by Crippen LogP contribution is -2.18. The van der Waals surface area contributed by atoms with Crippen LogP contribution in [-0.2, 0) is 0 Å². The molecular formula is C11H17BrN2. The maximum absolute atomic E-state index is 3.50. The van der Waals surface area contributed by atoms with Crippen LogP contribution in [0.3, 0.4) is 0 Å². The van der Waals surface area contributed by atoms with Gasteiger partial charge in [-0.1, -0.05) is 15.9 Å². The fourth-order valence-corrected chi connectivity index (χ4v) is 1.81. The fourth-order valence-electron chi connectivity index (χ4n) is 1.43. The second-order valence-electron chi connectivity index (χ2n) is 3.61. The molecule has 0 heterocycles. The van der Waals surface area contributed by atoms with Crippen molar-refractivity contribution in [1.29, 1.82) is 0 Å². The van der Waals surface area contributed by atoms with Gasteiger partial charge in [0.1, 0.15) is 0 Å². The van der Waals surface area contributed by atoms with Crippen molar-refractivity contribution >= 4 is 21.6 Å². The van der Waals surface area contributed by atoms with Crippen LogP contribution in [0.2, 0.25) is 0 Å². The van der Waals surface area contributed by atoms with E-state index in [0.29, 0.717) is 6.04 Å². The van der Waals surface area contributed by atoms with Gasteiger partial charge < -0.3 is 10.2 Å². The molecule has 2 nitrogen and oxygen atoms in total. The lowest BCUT2D eigenvalue weighted by molar-refractivity contribution is 0.651. The van der Waals surface area contributed by atoms with E-state index in [2.05, 4.69) is 65.4 Å². The molecule has 0 amide bonds. The highest BCUT2D eigenvalue weighted by Gasteiger charge is 2.10. The Bertz CT molecular complexity index is 310. The maximum Gasteiger partial charge on any atom is 0.0410 e. The Morgan fingerprint density at radius 2 is 2.00 bits per heavy atom. The molecular weight excluding hydrogens is 240 g/mol. The predicted octanol–water partition coefficient (Wildman–Crippen LogP) is 2.80. The standard InChI is InChI=1S/C11H17BrN2/c1-8(13-2)10-7-9(12)5-6-11(10)14(3)4/h5-8,13H,1-4H3. The van der Waals surface area contributed by atoms with Gasteiger partial charge in [0, 0.05) is 30.3 Å². The summed E-state index contributed by atoms with van der Waals surface area (Å²) >= 11 is 3.50. The minimum Gasteiger partial charge on any atom is -0.377 e. The van der Waals surface area contributed by atoms with Crippen molar-refractivity contribution in [3.63, 3.8) is 0 Å². The molecule has 0 fully saturated rings. The number of hydrogen-bond acceptors (Lipinski definition) is 2. The number of benzene rings is 1. The minimum atomic E-state index is 0.366. The number of nitrogens with one attached hydrogen (secondary N) is 1. The summed E-state index contributed by atoms with van der Waals surface area (Å²) in [6.45, 7) is 2.16. The number of anilines is 1. The van der Waals surface area contributed by atoms with Crippen LogP contribution in [0.1, 0.15) is 18.5 Å². The molecule has 3 heteroatoms. The lowest BCUT2D eigenvalue weighted by Gasteiger charge is -2.21. The molecule has 1 aromatic rings. The van der Waals surface area contributed by atoms with Gasteiger partial charge in [-0.05, 0) is 37.7 Å². The first-order valence-electron chi connectivity index (χ1n) is 4.70. The second-order valence-corrected chi connectivity index (χ2v) is 4.52. The summed E-state index contributed by atoms with van der Waals surface area (Å²) < 4.78 is 1.13. The van der Waals surface area contributed by atoms with Gasteiger partial charge in [0.25, 0.3) is 0 Å². The molecule has 1 unspecified atom stereocenters. The Balaban J connectivity index is 3.15. The number of rotatable bonds is 3. The van der Waals surface area contributed by atoms with Crippen molar-refractivity contribution < 1.29 is 0 Å². The molecule has 0 radical (unpaired) electrons. The predicted molar refractivity (Wildman–Crippen MR) is 65.9 cm³/mol. The van der Waals surface area contributed by atoms with E-state index in [-0.39, 0.29) is 0 Å². The van der Waals surface area contributed by atoms with E-state index in [4.69, 9.17) is 0 Å². The van der Waals surface area contributed by atoms with Crippen LogP contribution in [0, 0.1) is 0 Å². The first-order valence-corrected chi connectivity index (χ1v) is 5.49. The Kier molecular flexibility index (Phi) is 3.96. The quantitative estimate of drug-likeness (QED) is 0.895. The van der Waals surface area contributed by atoms with Crippen molar-refractivity contribution in [2.24, 2.45) is 0 Å². The summed E-state index contributed by atoms with van der Waals surface area (Å²) in [5, 5.41) is 3.26. The summed E-state index contributed by atoms with van der Waals surface area (Å²) in [4.78, 5) is 2.13. The van der Waals surface area contributed by atoms with E-state index in [1.54, 1.807) is 0 Å². The maximum atomic E-state index is 3.50. The Labute approximate surface area is 94.4 Å². The van der Waals surface area contributed by atoms with Gasteiger partial charge in [0.15, 0.2) is 0 Å². The monoisotopic (exact) mass is 256 g/mol. The number of hydrogen-bond donors (Lipinski definition) is 1. The SMILES string of the molecule is CNC(C)c1cc(Br)ccc1N(C)C. The van der Waals surface area contributed by atoms with E-state index in [0.717, 1.165) is 4.47 Å². The molecule has 0 bridgehead atoms. The summed E-state index contributed by atoms with van der Waals surface area (Å²) in [5.41, 5.74) is 2.57. The average molecular weight is 257 g/mol. The molecule has 1 rings (SSSR count). The summed E-state index contributed by atoms with van der Waals surface area (Å²) in [6, 6.07) is 6.73. The van der Waals surface area contributed by atoms with Crippen molar-refractivity contribution in [2.45, 2.75) is 13.0 Å². The molecule has 1 N–H and O–H groups in total. The average Bonchev–Trinajstić information content (AvgIpc) is 2.16. The molecule has 78 valence electrons. The first-order chi connectivity index (χ1) is 6.56. The lowest BCUT2D eigenvalue weighted by atomic mass is 10.1. The van der Waals surface area contributed by atoms with Gasteiger partial charge >= 0.3 is 0 Å². The molecule has 1 aromatic carbocycles.